The van der Waals surface area contributed by atoms with Crippen LogP contribution in [0.25, 0.3) is 0 Å². The highest BCUT2D eigenvalue weighted by molar-refractivity contribution is 5.85. The molecule has 6 heteroatoms. The van der Waals surface area contributed by atoms with E-state index in [9.17, 15) is 4.79 Å². The predicted molar refractivity (Wildman–Crippen MR) is 68.9 cm³/mol. The molecular formula is C12H21ClN2O3. The molecule has 104 valence electrons. The molecule has 0 unspecified atom stereocenters. The van der Waals surface area contributed by atoms with Crippen LogP contribution in [-0.4, -0.2) is 62.9 Å². The lowest BCUT2D eigenvalue weighted by molar-refractivity contribution is -0.143. The fraction of sp³-hybridized carbons (Fsp3) is 0.917. The Balaban J connectivity index is 0.00000120. The quantitative estimate of drug-likeness (QED) is 0.726. The van der Waals surface area contributed by atoms with E-state index in [0.29, 0.717) is 25.0 Å². The van der Waals surface area contributed by atoms with E-state index in [0.717, 1.165) is 39.2 Å². The van der Waals surface area contributed by atoms with Crippen molar-refractivity contribution >= 4 is 18.3 Å². The van der Waals surface area contributed by atoms with Gasteiger partial charge in [-0.25, -0.2) is 0 Å². The van der Waals surface area contributed by atoms with Crippen LogP contribution in [0, 0.1) is 11.8 Å². The molecule has 0 aromatic carbocycles. The van der Waals surface area contributed by atoms with Gasteiger partial charge in [0.15, 0.2) is 0 Å². The van der Waals surface area contributed by atoms with Gasteiger partial charge in [-0.1, -0.05) is 0 Å². The van der Waals surface area contributed by atoms with E-state index in [-0.39, 0.29) is 24.4 Å². The van der Waals surface area contributed by atoms with Gasteiger partial charge < -0.3 is 19.7 Å². The smallest absolute Gasteiger partial charge is 0.227 e. The lowest BCUT2D eigenvalue weighted by Gasteiger charge is -2.37. The van der Waals surface area contributed by atoms with Gasteiger partial charge in [0.1, 0.15) is 0 Å². The Bertz CT molecular complexity index is 297. The van der Waals surface area contributed by atoms with Gasteiger partial charge in [0.25, 0.3) is 0 Å². The highest BCUT2D eigenvalue weighted by atomic mass is 35.5. The monoisotopic (exact) mass is 276 g/mol. The zero-order valence-electron chi connectivity index (χ0n) is 10.5. The van der Waals surface area contributed by atoms with Crippen molar-refractivity contribution in [3.63, 3.8) is 0 Å². The summed E-state index contributed by atoms with van der Waals surface area (Å²) in [7, 11) is 0. The van der Waals surface area contributed by atoms with Gasteiger partial charge in [-0.05, 0) is 6.42 Å². The van der Waals surface area contributed by atoms with Gasteiger partial charge in [-0.3, -0.25) is 4.79 Å². The molecule has 5 nitrogen and oxygen atoms in total. The van der Waals surface area contributed by atoms with E-state index < -0.39 is 0 Å². The van der Waals surface area contributed by atoms with Gasteiger partial charge in [-0.15, -0.1) is 12.4 Å². The molecule has 0 bridgehead atoms. The summed E-state index contributed by atoms with van der Waals surface area (Å²) in [6, 6.07) is 0. The molecule has 18 heavy (non-hydrogen) atoms. The van der Waals surface area contributed by atoms with Crippen LogP contribution in [-0.2, 0) is 14.3 Å². The maximum Gasteiger partial charge on any atom is 0.227 e. The fourth-order valence-corrected chi connectivity index (χ4v) is 3.16. The average molecular weight is 277 g/mol. The molecule has 0 spiro atoms. The van der Waals surface area contributed by atoms with E-state index in [1.165, 1.54) is 0 Å². The molecule has 0 saturated carbocycles. The molecule has 3 atom stereocenters. The number of hydrogen-bond donors (Lipinski definition) is 1. The third-order valence-corrected chi connectivity index (χ3v) is 4.13. The van der Waals surface area contributed by atoms with E-state index in [1.807, 2.05) is 4.90 Å². The van der Waals surface area contributed by atoms with Crippen LogP contribution in [0.4, 0.5) is 0 Å². The number of nitrogens with one attached hydrogen (secondary N) is 1. The van der Waals surface area contributed by atoms with Crippen LogP contribution in [0.5, 0.6) is 0 Å². The molecule has 3 rings (SSSR count). The van der Waals surface area contributed by atoms with Crippen molar-refractivity contribution < 1.29 is 14.3 Å². The maximum absolute atomic E-state index is 12.5. The molecule has 3 heterocycles. The summed E-state index contributed by atoms with van der Waals surface area (Å²) < 4.78 is 11.0. The molecule has 0 aromatic rings. The Morgan fingerprint density at radius 1 is 1.17 bits per heavy atom. The molecule has 3 aliphatic rings. The van der Waals surface area contributed by atoms with Gasteiger partial charge in [0.05, 0.1) is 25.2 Å². The van der Waals surface area contributed by atoms with Crippen molar-refractivity contribution in [3.8, 4) is 0 Å². The molecular weight excluding hydrogens is 256 g/mol. The second-order valence-electron chi connectivity index (χ2n) is 5.06. The third-order valence-electron chi connectivity index (χ3n) is 4.13. The van der Waals surface area contributed by atoms with Crippen molar-refractivity contribution in [1.29, 1.82) is 0 Å². The van der Waals surface area contributed by atoms with Crippen molar-refractivity contribution in [2.24, 2.45) is 11.8 Å². The number of carbonyl (C=O) groups excluding carboxylic acids is 1. The Morgan fingerprint density at radius 3 is 2.72 bits per heavy atom. The number of carbonyl (C=O) groups is 1. The molecule has 1 amide bonds. The summed E-state index contributed by atoms with van der Waals surface area (Å²) in [6.07, 6.45) is 1.28. The largest absolute Gasteiger partial charge is 0.378 e. The number of nitrogens with zero attached hydrogens (tertiary/aromatic N) is 1. The highest BCUT2D eigenvalue weighted by Gasteiger charge is 2.42. The van der Waals surface area contributed by atoms with Crippen LogP contribution < -0.4 is 5.32 Å². The molecule has 0 aliphatic carbocycles. The lowest BCUT2D eigenvalue weighted by Crippen LogP contribution is -2.53. The van der Waals surface area contributed by atoms with Crippen LogP contribution >= 0.6 is 12.4 Å². The van der Waals surface area contributed by atoms with Crippen molar-refractivity contribution in [1.82, 2.24) is 10.2 Å². The first-order valence-corrected chi connectivity index (χ1v) is 6.55. The zero-order valence-corrected chi connectivity index (χ0v) is 11.3. The molecule has 0 aromatic heterocycles. The number of fused-ring (bicyclic) bond motifs is 1. The van der Waals surface area contributed by atoms with E-state index >= 15 is 0 Å². The van der Waals surface area contributed by atoms with Crippen LogP contribution in [0.3, 0.4) is 0 Å². The molecule has 1 N–H and O–H groups in total. The summed E-state index contributed by atoms with van der Waals surface area (Å²) in [5.41, 5.74) is 0. The van der Waals surface area contributed by atoms with E-state index in [4.69, 9.17) is 9.47 Å². The highest BCUT2D eigenvalue weighted by Crippen LogP contribution is 2.31. The Morgan fingerprint density at radius 2 is 1.94 bits per heavy atom. The van der Waals surface area contributed by atoms with Crippen LogP contribution in [0.1, 0.15) is 6.42 Å². The first-order valence-electron chi connectivity index (χ1n) is 6.55. The van der Waals surface area contributed by atoms with Gasteiger partial charge in [0.2, 0.25) is 5.91 Å². The van der Waals surface area contributed by atoms with Crippen molar-refractivity contribution in [2.75, 3.05) is 46.0 Å². The minimum absolute atomic E-state index is 0. The lowest BCUT2D eigenvalue weighted by atomic mass is 9.82. The standard InChI is InChI=1S/C12H20N2O3.ClH/c15-12(14-2-5-16-6-3-14)10-7-13-8-11-9(10)1-4-17-11;/h9-11,13H,1-8H2;1H/t9-,10-,11+;/m0./s1. The molecule has 3 fully saturated rings. The van der Waals surface area contributed by atoms with E-state index in [2.05, 4.69) is 5.32 Å². The fourth-order valence-electron chi connectivity index (χ4n) is 3.16. The summed E-state index contributed by atoms with van der Waals surface area (Å²) in [4.78, 5) is 14.4. The molecule has 0 radical (unpaired) electrons. The number of morpholine rings is 1. The van der Waals surface area contributed by atoms with Gasteiger partial charge in [0, 0.05) is 38.7 Å². The number of hydrogen-bond acceptors (Lipinski definition) is 4. The Hall–Kier alpha value is -0.360. The van der Waals surface area contributed by atoms with Crippen molar-refractivity contribution in [2.45, 2.75) is 12.5 Å². The van der Waals surface area contributed by atoms with Crippen molar-refractivity contribution in [3.05, 3.63) is 0 Å². The normalized spacial score (nSPS) is 35.8. The Kier molecular flexibility index (Phi) is 4.84. The van der Waals surface area contributed by atoms with Crippen LogP contribution in [0.15, 0.2) is 0 Å². The minimum atomic E-state index is 0. The first-order chi connectivity index (χ1) is 8.36. The first kappa shape index (κ1) is 14.1. The average Bonchev–Trinajstić information content (AvgIpc) is 2.87. The summed E-state index contributed by atoms with van der Waals surface area (Å²) in [6.45, 7) is 5.36. The zero-order chi connectivity index (χ0) is 11.7. The number of halogens is 1. The van der Waals surface area contributed by atoms with Gasteiger partial charge in [-0.2, -0.15) is 0 Å². The maximum atomic E-state index is 12.5. The summed E-state index contributed by atoms with van der Waals surface area (Å²) in [5.74, 6) is 0.821. The second-order valence-corrected chi connectivity index (χ2v) is 5.06. The summed E-state index contributed by atoms with van der Waals surface area (Å²) in [5, 5.41) is 3.32. The SMILES string of the molecule is Cl.O=C([C@H]1CNC[C@H]2OCC[C@@H]12)N1CCOCC1. The number of ether oxygens (including phenoxy) is 2. The molecule has 3 saturated heterocycles. The van der Waals surface area contributed by atoms with Gasteiger partial charge >= 0.3 is 0 Å². The summed E-state index contributed by atoms with van der Waals surface area (Å²) >= 11 is 0. The second kappa shape index (κ2) is 6.19. The van der Waals surface area contributed by atoms with E-state index in [1.54, 1.807) is 0 Å². The van der Waals surface area contributed by atoms with Crippen LogP contribution in [0.2, 0.25) is 0 Å². The Labute approximate surface area is 114 Å². The molecule has 3 aliphatic heterocycles. The number of rotatable bonds is 1. The number of piperidine rings is 1. The third kappa shape index (κ3) is 2.64. The minimum Gasteiger partial charge on any atom is -0.378 e. The topological polar surface area (TPSA) is 50.8 Å². The predicted octanol–water partition coefficient (Wildman–Crippen LogP) is -0.108. The number of amides is 1.